The lowest BCUT2D eigenvalue weighted by Crippen LogP contribution is -2.22. The van der Waals surface area contributed by atoms with Crippen LogP contribution in [0.3, 0.4) is 0 Å². The Kier molecular flexibility index (Phi) is 8.30. The quantitative estimate of drug-likeness (QED) is 0.0605. The van der Waals surface area contributed by atoms with Gasteiger partial charge in [-0.2, -0.15) is 25.6 Å². The minimum atomic E-state index is -4.51. The molecule has 4 aromatic rings. The summed E-state index contributed by atoms with van der Waals surface area (Å²) in [6, 6.07) is 34.6. The molecular weight excluding hydrogens is 609 g/mol. The van der Waals surface area contributed by atoms with Crippen molar-refractivity contribution < 1.29 is 17.4 Å². The van der Waals surface area contributed by atoms with Crippen molar-refractivity contribution in [2.24, 2.45) is 0 Å². The Morgan fingerprint density at radius 1 is 0.886 bits per heavy atom. The predicted octanol–water partition coefficient (Wildman–Crippen LogP) is 8.10. The zero-order valence-electron chi connectivity index (χ0n) is 24.4. The number of rotatable bonds is 7. The zero-order chi connectivity index (χ0) is 31.0. The van der Waals surface area contributed by atoms with Gasteiger partial charge in [-0.05, 0) is 42.7 Å². The molecule has 0 saturated heterocycles. The van der Waals surface area contributed by atoms with Crippen LogP contribution in [0.25, 0.3) is 33.4 Å². The standard InChI is InChI=1S/C35H30N2O4S3/c1-36(29-12-6-4-10-23(29)22-42)24-16-18-26-31(20-24)41-32-21-25(37(2)30-13-7-8-14-33(30)43-3)17-19-27(32)35(26)28-11-5-9-15-34(28)44(38,39)40/h4-21H,22H2,1-3H3,(H-,38,39,40,42)/p+1. The van der Waals surface area contributed by atoms with Gasteiger partial charge in [-0.1, -0.05) is 48.5 Å². The first-order chi connectivity index (χ1) is 21.2. The van der Waals surface area contributed by atoms with E-state index < -0.39 is 10.1 Å². The van der Waals surface area contributed by atoms with Crippen molar-refractivity contribution in [3.63, 3.8) is 0 Å². The second kappa shape index (κ2) is 12.2. The summed E-state index contributed by atoms with van der Waals surface area (Å²) in [5.74, 6) is 1.17. The van der Waals surface area contributed by atoms with Gasteiger partial charge in [0.25, 0.3) is 10.1 Å². The van der Waals surface area contributed by atoms with Crippen LogP contribution < -0.4 is 14.8 Å². The molecule has 4 aromatic carbocycles. The molecule has 0 fully saturated rings. The lowest BCUT2D eigenvalue weighted by Gasteiger charge is -2.23. The maximum atomic E-state index is 12.5. The number of fused-ring (bicyclic) bond motifs is 2. The third-order valence-electron chi connectivity index (χ3n) is 7.87. The summed E-state index contributed by atoms with van der Waals surface area (Å²) in [6.45, 7) is 0. The highest BCUT2D eigenvalue weighted by Crippen LogP contribution is 2.43. The van der Waals surface area contributed by atoms with Crippen molar-refractivity contribution in [2.75, 3.05) is 25.3 Å². The van der Waals surface area contributed by atoms with Gasteiger partial charge < -0.3 is 9.32 Å². The third-order valence-corrected chi connectivity index (χ3v) is 9.91. The smallest absolute Gasteiger partial charge is 0.295 e. The van der Waals surface area contributed by atoms with Crippen LogP contribution in [0.1, 0.15) is 5.56 Å². The van der Waals surface area contributed by atoms with E-state index in [4.69, 9.17) is 4.42 Å². The van der Waals surface area contributed by atoms with Crippen LogP contribution in [0.5, 0.6) is 0 Å². The molecule has 6 nitrogen and oxygen atoms in total. The van der Waals surface area contributed by atoms with Gasteiger partial charge in [0.05, 0.1) is 11.8 Å². The molecule has 0 unspecified atom stereocenters. The van der Waals surface area contributed by atoms with Crippen LogP contribution >= 0.6 is 24.4 Å². The number of anilines is 2. The lowest BCUT2D eigenvalue weighted by molar-refractivity contribution is 0.483. The normalized spacial score (nSPS) is 12.5. The van der Waals surface area contributed by atoms with Crippen LogP contribution in [0.2, 0.25) is 0 Å². The Labute approximate surface area is 266 Å². The highest BCUT2D eigenvalue weighted by Gasteiger charge is 2.24. The predicted molar refractivity (Wildman–Crippen MR) is 184 cm³/mol. The number of para-hydroxylation sites is 2. The molecular formula is C35H31N2O4S3+. The largest absolute Gasteiger partial charge is 0.456 e. The van der Waals surface area contributed by atoms with Crippen LogP contribution in [0.15, 0.2) is 123 Å². The van der Waals surface area contributed by atoms with Crippen molar-refractivity contribution in [1.82, 2.24) is 4.58 Å². The number of nitrogens with zero attached hydrogens (tertiary/aromatic N) is 2. The minimum absolute atomic E-state index is 0.159. The van der Waals surface area contributed by atoms with Crippen LogP contribution in [0.4, 0.5) is 17.1 Å². The molecule has 1 aliphatic heterocycles. The van der Waals surface area contributed by atoms with Crippen LogP contribution in [-0.4, -0.2) is 33.3 Å². The molecule has 0 amide bonds. The molecule has 9 heteroatoms. The van der Waals surface area contributed by atoms with Gasteiger partial charge in [0.2, 0.25) is 11.0 Å². The molecule has 0 atom stereocenters. The number of hydrogen-bond acceptors (Lipinski definition) is 6. The topological polar surface area (TPSA) is 73.8 Å². The molecule has 0 aromatic heterocycles. The van der Waals surface area contributed by atoms with E-state index in [0.29, 0.717) is 28.2 Å². The molecule has 0 bridgehead atoms. The molecule has 6 rings (SSSR count). The van der Waals surface area contributed by atoms with Gasteiger partial charge in [-0.3, -0.25) is 4.55 Å². The highest BCUT2D eigenvalue weighted by atomic mass is 32.2. The fourth-order valence-electron chi connectivity index (χ4n) is 5.63. The van der Waals surface area contributed by atoms with Crippen molar-refractivity contribution >= 4 is 62.5 Å². The molecule has 2 aliphatic rings. The summed E-state index contributed by atoms with van der Waals surface area (Å²) in [4.78, 5) is 3.09. The minimum Gasteiger partial charge on any atom is -0.456 e. The third kappa shape index (κ3) is 5.52. The Hall–Kier alpha value is -4.02. The monoisotopic (exact) mass is 639 g/mol. The first-order valence-corrected chi connectivity index (χ1v) is 17.2. The van der Waals surface area contributed by atoms with Crippen molar-refractivity contribution in [3.8, 4) is 22.5 Å². The van der Waals surface area contributed by atoms with E-state index in [1.165, 1.54) is 6.07 Å². The summed E-state index contributed by atoms with van der Waals surface area (Å²) >= 11 is 6.19. The molecule has 0 spiro atoms. The van der Waals surface area contributed by atoms with E-state index in [-0.39, 0.29) is 4.90 Å². The molecule has 1 aliphatic carbocycles. The maximum absolute atomic E-state index is 12.5. The van der Waals surface area contributed by atoms with Gasteiger partial charge in [0.1, 0.15) is 23.3 Å². The van der Waals surface area contributed by atoms with E-state index in [1.807, 2.05) is 74.8 Å². The fourth-order valence-corrected chi connectivity index (χ4v) is 7.22. The second-order valence-corrected chi connectivity index (χ2v) is 12.9. The molecule has 0 saturated carbocycles. The van der Waals surface area contributed by atoms with Gasteiger partial charge in [0, 0.05) is 69.2 Å². The summed E-state index contributed by atoms with van der Waals surface area (Å²) in [7, 11) is -0.499. The van der Waals surface area contributed by atoms with Gasteiger partial charge >= 0.3 is 0 Å². The Balaban J connectivity index is 1.66. The average molecular weight is 640 g/mol. The van der Waals surface area contributed by atoms with Gasteiger partial charge in [-0.15, -0.1) is 11.8 Å². The molecule has 1 N–H and O–H groups in total. The fraction of sp³-hybridized carbons (Fsp3) is 0.114. The summed E-state index contributed by atoms with van der Waals surface area (Å²) in [6.07, 6.45) is 2.05. The second-order valence-electron chi connectivity index (χ2n) is 10.4. The molecule has 0 radical (unpaired) electrons. The van der Waals surface area contributed by atoms with Crippen LogP contribution in [-0.2, 0) is 15.9 Å². The SMILES string of the molecule is CSc1ccccc1N(C)c1ccc2c(-c3ccccc3S(=O)(=O)O)c3ccc(=[N+](C)c4ccccc4CS)cc-3oc2c1. The highest BCUT2D eigenvalue weighted by molar-refractivity contribution is 7.98. The summed E-state index contributed by atoms with van der Waals surface area (Å²) in [5.41, 5.74) is 6.46. The Bertz CT molecular complexity index is 2170. The molecule has 1 heterocycles. The zero-order valence-corrected chi connectivity index (χ0v) is 27.0. The first-order valence-electron chi connectivity index (χ1n) is 13.9. The average Bonchev–Trinajstić information content (AvgIpc) is 3.05. The van der Waals surface area contributed by atoms with E-state index >= 15 is 0 Å². The number of thiol groups is 1. The molecule has 222 valence electrons. The van der Waals surface area contributed by atoms with Crippen molar-refractivity contribution in [3.05, 3.63) is 120 Å². The number of thioether (sulfide) groups is 1. The van der Waals surface area contributed by atoms with E-state index in [2.05, 4.69) is 52.6 Å². The Morgan fingerprint density at radius 2 is 1.61 bits per heavy atom. The van der Waals surface area contributed by atoms with Crippen LogP contribution in [0, 0.1) is 0 Å². The van der Waals surface area contributed by atoms with Gasteiger partial charge in [0.15, 0.2) is 0 Å². The van der Waals surface area contributed by atoms with Crippen molar-refractivity contribution in [2.45, 2.75) is 15.5 Å². The molecule has 44 heavy (non-hydrogen) atoms. The summed E-state index contributed by atoms with van der Waals surface area (Å²) < 4.78 is 43.9. The number of benzene rings is 5. The summed E-state index contributed by atoms with van der Waals surface area (Å²) in [5, 5.41) is 1.62. The Morgan fingerprint density at radius 3 is 2.39 bits per heavy atom. The first kappa shape index (κ1) is 30.0. The lowest BCUT2D eigenvalue weighted by atomic mass is 9.93. The maximum Gasteiger partial charge on any atom is 0.295 e. The van der Waals surface area contributed by atoms with E-state index in [1.54, 1.807) is 30.0 Å². The van der Waals surface area contributed by atoms with Gasteiger partial charge in [-0.25, -0.2) is 0 Å². The van der Waals surface area contributed by atoms with E-state index in [0.717, 1.165) is 43.8 Å². The van der Waals surface area contributed by atoms with E-state index in [9.17, 15) is 13.0 Å². The van der Waals surface area contributed by atoms with Crippen molar-refractivity contribution in [1.29, 1.82) is 0 Å². The number of hydrogen-bond donors (Lipinski definition) is 2.